The number of ether oxygens (including phenoxy) is 1. The molecule has 13 heteroatoms. The van der Waals surface area contributed by atoms with Crippen LogP contribution >= 0.6 is 11.6 Å². The number of anilines is 1. The Labute approximate surface area is 175 Å². The molecular formula is C17H17ClF2N6O3S. The Balaban J connectivity index is 1.69. The smallest absolute Gasteiger partial charge is 0.387 e. The molecule has 0 spiro atoms. The van der Waals surface area contributed by atoms with Gasteiger partial charge in [0.25, 0.3) is 0 Å². The standard InChI is InChI=1S/C17H17ClF2N6O3S/c1-30(27,28)25-7-5-24(6-8-25)14-13-10-21-26(15(13)23-16(18)22-14)11-3-2-4-12(9-11)29-17(19)20/h2-4,9-10,17H,5-8H2,1H3. The fourth-order valence-corrected chi connectivity index (χ4v) is 4.31. The summed E-state index contributed by atoms with van der Waals surface area (Å²) in [6, 6.07) is 6.06. The molecule has 1 aliphatic heterocycles. The highest BCUT2D eigenvalue weighted by atomic mass is 35.5. The molecule has 3 aromatic rings. The van der Waals surface area contributed by atoms with Crippen molar-refractivity contribution in [1.29, 1.82) is 0 Å². The van der Waals surface area contributed by atoms with Gasteiger partial charge in [-0.05, 0) is 23.7 Å². The normalized spacial score (nSPS) is 15.8. The Kier molecular flexibility index (Phi) is 5.47. The van der Waals surface area contributed by atoms with Crippen molar-refractivity contribution in [1.82, 2.24) is 24.1 Å². The predicted molar refractivity (Wildman–Crippen MR) is 107 cm³/mol. The second kappa shape index (κ2) is 7.93. The maximum absolute atomic E-state index is 12.5. The third kappa shape index (κ3) is 4.16. The Bertz CT molecular complexity index is 1180. The number of halogens is 3. The van der Waals surface area contributed by atoms with Gasteiger partial charge in [0.15, 0.2) is 5.65 Å². The molecule has 160 valence electrons. The number of benzene rings is 1. The minimum Gasteiger partial charge on any atom is -0.435 e. The van der Waals surface area contributed by atoms with Crippen molar-refractivity contribution in [2.24, 2.45) is 0 Å². The van der Waals surface area contributed by atoms with Gasteiger partial charge in [0.2, 0.25) is 15.3 Å². The van der Waals surface area contributed by atoms with Crippen molar-refractivity contribution in [2.45, 2.75) is 6.61 Å². The van der Waals surface area contributed by atoms with Gasteiger partial charge in [-0.3, -0.25) is 0 Å². The summed E-state index contributed by atoms with van der Waals surface area (Å²) in [4.78, 5) is 10.5. The van der Waals surface area contributed by atoms with E-state index < -0.39 is 16.6 Å². The van der Waals surface area contributed by atoms with Crippen LogP contribution in [0.25, 0.3) is 16.7 Å². The predicted octanol–water partition coefficient (Wildman–Crippen LogP) is 2.15. The molecule has 0 N–H and O–H groups in total. The Morgan fingerprint density at radius 2 is 1.90 bits per heavy atom. The van der Waals surface area contributed by atoms with Crippen LogP contribution in [-0.4, -0.2) is 71.5 Å². The Morgan fingerprint density at radius 1 is 1.17 bits per heavy atom. The first kappa shape index (κ1) is 20.7. The minimum absolute atomic E-state index is 0.00947. The quantitative estimate of drug-likeness (QED) is 0.541. The first-order valence-electron chi connectivity index (χ1n) is 8.89. The summed E-state index contributed by atoms with van der Waals surface area (Å²) in [5.74, 6) is 0.521. The van der Waals surface area contributed by atoms with Crippen LogP contribution in [0.2, 0.25) is 5.28 Å². The number of fused-ring (bicyclic) bond motifs is 1. The van der Waals surface area contributed by atoms with Crippen LogP contribution in [0.1, 0.15) is 0 Å². The lowest BCUT2D eigenvalue weighted by Crippen LogP contribution is -2.48. The van der Waals surface area contributed by atoms with Crippen molar-refractivity contribution < 1.29 is 21.9 Å². The van der Waals surface area contributed by atoms with Gasteiger partial charge in [-0.25, -0.2) is 13.1 Å². The molecular weight excluding hydrogens is 442 g/mol. The molecule has 1 aliphatic rings. The summed E-state index contributed by atoms with van der Waals surface area (Å²) in [6.07, 6.45) is 2.74. The molecule has 0 saturated carbocycles. The molecule has 1 aromatic carbocycles. The zero-order chi connectivity index (χ0) is 21.5. The molecule has 0 aliphatic carbocycles. The number of nitrogens with zero attached hydrogens (tertiary/aromatic N) is 6. The maximum Gasteiger partial charge on any atom is 0.387 e. The number of piperazine rings is 1. The lowest BCUT2D eigenvalue weighted by molar-refractivity contribution is -0.0498. The largest absolute Gasteiger partial charge is 0.435 e. The summed E-state index contributed by atoms with van der Waals surface area (Å²) in [5, 5.41) is 4.91. The number of hydrogen-bond acceptors (Lipinski definition) is 7. The highest BCUT2D eigenvalue weighted by Gasteiger charge is 2.26. The van der Waals surface area contributed by atoms with E-state index in [0.29, 0.717) is 48.7 Å². The van der Waals surface area contributed by atoms with E-state index in [1.165, 1.54) is 27.4 Å². The molecule has 9 nitrogen and oxygen atoms in total. The van der Waals surface area contributed by atoms with Gasteiger partial charge in [0.05, 0.1) is 23.5 Å². The fraction of sp³-hybridized carbons (Fsp3) is 0.353. The van der Waals surface area contributed by atoms with Gasteiger partial charge in [-0.1, -0.05) is 6.07 Å². The van der Waals surface area contributed by atoms with Gasteiger partial charge in [0, 0.05) is 32.2 Å². The molecule has 30 heavy (non-hydrogen) atoms. The third-order valence-electron chi connectivity index (χ3n) is 4.68. The van der Waals surface area contributed by atoms with Gasteiger partial charge >= 0.3 is 6.61 Å². The van der Waals surface area contributed by atoms with Crippen LogP contribution in [0.5, 0.6) is 5.75 Å². The van der Waals surface area contributed by atoms with E-state index in [9.17, 15) is 17.2 Å². The topological polar surface area (TPSA) is 93.5 Å². The third-order valence-corrected chi connectivity index (χ3v) is 6.15. The Morgan fingerprint density at radius 3 is 2.57 bits per heavy atom. The van der Waals surface area contributed by atoms with Crippen molar-refractivity contribution in [3.63, 3.8) is 0 Å². The summed E-state index contributed by atoms with van der Waals surface area (Å²) in [7, 11) is -3.26. The number of sulfonamides is 1. The first-order chi connectivity index (χ1) is 14.2. The summed E-state index contributed by atoms with van der Waals surface area (Å²) in [5.41, 5.74) is 0.857. The minimum atomic E-state index is -3.26. The first-order valence-corrected chi connectivity index (χ1v) is 11.1. The van der Waals surface area contributed by atoms with Gasteiger partial charge < -0.3 is 9.64 Å². The van der Waals surface area contributed by atoms with Gasteiger partial charge in [0.1, 0.15) is 11.6 Å². The highest BCUT2D eigenvalue weighted by Crippen LogP contribution is 2.29. The van der Waals surface area contributed by atoms with Gasteiger partial charge in [-0.15, -0.1) is 0 Å². The molecule has 4 rings (SSSR count). The summed E-state index contributed by atoms with van der Waals surface area (Å²) >= 11 is 6.14. The molecule has 1 saturated heterocycles. The summed E-state index contributed by atoms with van der Waals surface area (Å²) < 4.78 is 55.9. The molecule has 0 atom stereocenters. The molecule has 1 fully saturated rings. The van der Waals surface area contributed by atoms with Crippen LogP contribution in [0.4, 0.5) is 14.6 Å². The number of rotatable bonds is 5. The van der Waals surface area contributed by atoms with Crippen LogP contribution < -0.4 is 9.64 Å². The van der Waals surface area contributed by atoms with E-state index in [4.69, 9.17) is 11.6 Å². The zero-order valence-corrected chi connectivity index (χ0v) is 17.3. The lowest BCUT2D eigenvalue weighted by Gasteiger charge is -2.34. The van der Waals surface area contributed by atoms with Crippen molar-refractivity contribution in [3.05, 3.63) is 35.7 Å². The second-order valence-corrected chi connectivity index (χ2v) is 8.96. The van der Waals surface area contributed by atoms with Gasteiger partial charge in [-0.2, -0.15) is 28.2 Å². The Hall–Kier alpha value is -2.57. The second-order valence-electron chi connectivity index (χ2n) is 6.63. The average molecular weight is 459 g/mol. The van der Waals surface area contributed by atoms with E-state index in [1.807, 2.05) is 4.90 Å². The summed E-state index contributed by atoms with van der Waals surface area (Å²) in [6.45, 7) is -1.44. The van der Waals surface area contributed by atoms with E-state index in [1.54, 1.807) is 18.3 Å². The molecule has 2 aromatic heterocycles. The highest BCUT2D eigenvalue weighted by molar-refractivity contribution is 7.88. The monoisotopic (exact) mass is 458 g/mol. The van der Waals surface area contributed by atoms with Crippen LogP contribution in [0.3, 0.4) is 0 Å². The van der Waals surface area contributed by atoms with Crippen LogP contribution in [-0.2, 0) is 10.0 Å². The molecule has 0 unspecified atom stereocenters. The van der Waals surface area contributed by atoms with E-state index >= 15 is 0 Å². The molecule has 0 bridgehead atoms. The van der Waals surface area contributed by atoms with E-state index in [-0.39, 0.29) is 11.0 Å². The number of hydrogen-bond donors (Lipinski definition) is 0. The molecule has 3 heterocycles. The lowest BCUT2D eigenvalue weighted by atomic mass is 10.3. The van der Waals surface area contributed by atoms with E-state index in [2.05, 4.69) is 19.8 Å². The van der Waals surface area contributed by atoms with Crippen LogP contribution in [0.15, 0.2) is 30.5 Å². The van der Waals surface area contributed by atoms with Crippen molar-refractivity contribution in [3.8, 4) is 11.4 Å². The zero-order valence-electron chi connectivity index (χ0n) is 15.7. The van der Waals surface area contributed by atoms with Crippen LogP contribution in [0, 0.1) is 0 Å². The van der Waals surface area contributed by atoms with Crippen molar-refractivity contribution in [2.75, 3.05) is 37.3 Å². The molecule has 0 amide bonds. The fourth-order valence-electron chi connectivity index (χ4n) is 3.32. The van der Waals surface area contributed by atoms with E-state index in [0.717, 1.165) is 0 Å². The number of aromatic nitrogens is 4. The van der Waals surface area contributed by atoms with Crippen molar-refractivity contribution >= 4 is 38.5 Å². The average Bonchev–Trinajstić information content (AvgIpc) is 3.10. The SMILES string of the molecule is CS(=O)(=O)N1CCN(c2nc(Cl)nc3c2cnn3-c2cccc(OC(F)F)c2)CC1. The maximum atomic E-state index is 12.5. The number of alkyl halides is 2. The molecule has 0 radical (unpaired) electrons.